The molecule has 0 atom stereocenters. The molecule has 232 valence electrons. The minimum Gasteiger partial charge on any atom is -0.0622 e. The van der Waals surface area contributed by atoms with Gasteiger partial charge in [0.1, 0.15) is 0 Å². The quantitative estimate of drug-likeness (QED) is 0.134. The third-order valence-corrected chi connectivity index (χ3v) is 10.4. The first-order valence-electron chi connectivity index (χ1n) is 17.4. The zero-order valence-electron chi connectivity index (χ0n) is 27.5. The van der Waals surface area contributed by atoms with Gasteiger partial charge < -0.3 is 0 Å². The highest BCUT2D eigenvalue weighted by atomic mass is 14.2. The van der Waals surface area contributed by atoms with Gasteiger partial charge in [-0.05, 0) is 117 Å². The summed E-state index contributed by atoms with van der Waals surface area (Å²) >= 11 is 0. The van der Waals surface area contributed by atoms with Crippen LogP contribution in [0.1, 0.15) is 0 Å². The normalized spacial score (nSPS) is 11.6. The molecular formula is C50H32. The smallest absolute Gasteiger partial charge is 0.00262 e. The number of hydrogen-bond acceptors (Lipinski definition) is 0. The maximum Gasteiger partial charge on any atom is -0.00262 e. The first-order valence-corrected chi connectivity index (χ1v) is 17.4. The van der Waals surface area contributed by atoms with Crippen molar-refractivity contribution in [1.82, 2.24) is 0 Å². The minimum atomic E-state index is 1.21. The van der Waals surface area contributed by atoms with Crippen LogP contribution in [0.15, 0.2) is 194 Å². The van der Waals surface area contributed by atoms with E-state index in [0.29, 0.717) is 0 Å². The summed E-state index contributed by atoms with van der Waals surface area (Å²) in [6.07, 6.45) is 0. The fourth-order valence-electron chi connectivity index (χ4n) is 8.19. The molecule has 10 rings (SSSR count). The van der Waals surface area contributed by atoms with Crippen molar-refractivity contribution >= 4 is 53.9 Å². The van der Waals surface area contributed by atoms with E-state index in [1.54, 1.807) is 0 Å². The van der Waals surface area contributed by atoms with Gasteiger partial charge in [0.05, 0.1) is 0 Å². The van der Waals surface area contributed by atoms with Crippen molar-refractivity contribution < 1.29 is 0 Å². The zero-order chi connectivity index (χ0) is 33.0. The molecule has 0 N–H and O–H groups in total. The summed E-state index contributed by atoms with van der Waals surface area (Å²) in [5, 5.41) is 12.8. The number of hydrogen-bond donors (Lipinski definition) is 0. The van der Waals surface area contributed by atoms with Crippen LogP contribution < -0.4 is 0 Å². The summed E-state index contributed by atoms with van der Waals surface area (Å²) in [6.45, 7) is 0. The lowest BCUT2D eigenvalue weighted by molar-refractivity contribution is 1.60. The molecule has 0 heteroatoms. The Balaban J connectivity index is 1.15. The average Bonchev–Trinajstić information content (AvgIpc) is 3.19. The summed E-state index contributed by atoms with van der Waals surface area (Å²) in [5.41, 5.74) is 9.94. The van der Waals surface area contributed by atoms with E-state index in [-0.39, 0.29) is 0 Å². The van der Waals surface area contributed by atoms with Crippen molar-refractivity contribution in [2.75, 3.05) is 0 Å². The molecule has 0 aliphatic carbocycles. The lowest BCUT2D eigenvalue weighted by Crippen LogP contribution is -1.91. The molecule has 0 aromatic heterocycles. The SMILES string of the molecule is c1ccc(-c2c3ccccc3c(-c3cccc(-c4cccc(-c5cc6ccc7ccccc7c6c6ccccc56)c4)c3)c3ccccc23)cc1. The third kappa shape index (κ3) is 4.54. The molecule has 0 bridgehead atoms. The predicted molar refractivity (Wildman–Crippen MR) is 216 cm³/mol. The molecule has 0 fully saturated rings. The lowest BCUT2D eigenvalue weighted by atomic mass is 9.85. The minimum absolute atomic E-state index is 1.21. The van der Waals surface area contributed by atoms with Crippen LogP contribution in [0.25, 0.3) is 98.4 Å². The van der Waals surface area contributed by atoms with Crippen LogP contribution in [0.2, 0.25) is 0 Å². The van der Waals surface area contributed by atoms with Crippen molar-refractivity contribution in [2.45, 2.75) is 0 Å². The summed E-state index contributed by atoms with van der Waals surface area (Å²) < 4.78 is 0. The average molecular weight is 633 g/mol. The van der Waals surface area contributed by atoms with Gasteiger partial charge in [-0.15, -0.1) is 0 Å². The molecule has 0 amide bonds. The molecule has 0 aliphatic rings. The Labute approximate surface area is 291 Å². The molecule has 10 aromatic carbocycles. The molecule has 0 aliphatic heterocycles. The van der Waals surface area contributed by atoms with Crippen molar-refractivity contribution in [3.63, 3.8) is 0 Å². The fraction of sp³-hybridized carbons (Fsp3) is 0. The van der Waals surface area contributed by atoms with Crippen molar-refractivity contribution in [1.29, 1.82) is 0 Å². The number of rotatable bonds is 4. The molecule has 0 saturated carbocycles. The molecule has 50 heavy (non-hydrogen) atoms. The van der Waals surface area contributed by atoms with E-state index in [9.17, 15) is 0 Å². The molecule has 0 heterocycles. The molecule has 0 saturated heterocycles. The van der Waals surface area contributed by atoms with E-state index in [1.807, 2.05) is 0 Å². The Kier molecular flexibility index (Phi) is 6.60. The zero-order valence-corrected chi connectivity index (χ0v) is 27.5. The van der Waals surface area contributed by atoms with Crippen LogP contribution in [0, 0.1) is 0 Å². The van der Waals surface area contributed by atoms with E-state index < -0.39 is 0 Å². The molecule has 0 nitrogen and oxygen atoms in total. The van der Waals surface area contributed by atoms with Crippen LogP contribution in [0.4, 0.5) is 0 Å². The highest BCUT2D eigenvalue weighted by molar-refractivity contribution is 6.24. The van der Waals surface area contributed by atoms with E-state index >= 15 is 0 Å². The first kappa shape index (κ1) is 28.5. The van der Waals surface area contributed by atoms with Gasteiger partial charge in [0.15, 0.2) is 0 Å². The van der Waals surface area contributed by atoms with E-state index in [0.717, 1.165) is 0 Å². The van der Waals surface area contributed by atoms with Crippen molar-refractivity contribution in [3.8, 4) is 44.5 Å². The summed E-state index contributed by atoms with van der Waals surface area (Å²) in [5.74, 6) is 0. The Morgan fingerprint density at radius 3 is 1.32 bits per heavy atom. The molecular weight excluding hydrogens is 601 g/mol. The lowest BCUT2D eigenvalue weighted by Gasteiger charge is -2.18. The molecule has 0 spiro atoms. The second-order valence-electron chi connectivity index (χ2n) is 13.2. The Morgan fingerprint density at radius 2 is 0.660 bits per heavy atom. The van der Waals surface area contributed by atoms with E-state index in [4.69, 9.17) is 0 Å². The van der Waals surface area contributed by atoms with Gasteiger partial charge in [-0.3, -0.25) is 0 Å². The predicted octanol–water partition coefficient (Wildman–Crippen LogP) is 14.1. The Hall–Kier alpha value is -6.50. The van der Waals surface area contributed by atoms with Gasteiger partial charge in [-0.2, -0.15) is 0 Å². The molecule has 0 unspecified atom stereocenters. The van der Waals surface area contributed by atoms with Gasteiger partial charge in [0.2, 0.25) is 0 Å². The second-order valence-corrected chi connectivity index (χ2v) is 13.2. The summed E-state index contributed by atoms with van der Waals surface area (Å²) in [4.78, 5) is 0. The fourth-order valence-corrected chi connectivity index (χ4v) is 8.19. The molecule has 10 aromatic rings. The largest absolute Gasteiger partial charge is 0.0622 e. The van der Waals surface area contributed by atoms with Crippen LogP contribution in [-0.4, -0.2) is 0 Å². The monoisotopic (exact) mass is 632 g/mol. The Morgan fingerprint density at radius 1 is 0.220 bits per heavy atom. The van der Waals surface area contributed by atoms with E-state index in [2.05, 4.69) is 194 Å². The standard InChI is InChI=1S/C50H32/c1-2-15-34(16-3-1)48-43-24-8-10-26-45(43)50(46-27-11-9-25-44(46)48)38-20-13-18-36(31-38)35-17-12-19-37(30-35)47-32-39-29-28-33-14-4-5-21-40(33)49(39)42-23-7-6-22-41(42)47/h1-32H. The van der Waals surface area contributed by atoms with Crippen molar-refractivity contribution in [2.24, 2.45) is 0 Å². The Bertz CT molecular complexity index is 2860. The van der Waals surface area contributed by atoms with Crippen LogP contribution >= 0.6 is 0 Å². The number of benzene rings is 10. The topological polar surface area (TPSA) is 0 Å². The van der Waals surface area contributed by atoms with Crippen molar-refractivity contribution in [3.05, 3.63) is 194 Å². The third-order valence-electron chi connectivity index (χ3n) is 10.4. The molecule has 0 radical (unpaired) electrons. The van der Waals surface area contributed by atoms with Crippen LogP contribution in [0.5, 0.6) is 0 Å². The van der Waals surface area contributed by atoms with Gasteiger partial charge in [-0.25, -0.2) is 0 Å². The summed E-state index contributed by atoms with van der Waals surface area (Å²) in [6, 6.07) is 71.2. The maximum atomic E-state index is 2.38. The summed E-state index contributed by atoms with van der Waals surface area (Å²) in [7, 11) is 0. The van der Waals surface area contributed by atoms with E-state index in [1.165, 1.54) is 98.4 Å². The highest BCUT2D eigenvalue weighted by Gasteiger charge is 2.17. The number of fused-ring (bicyclic) bond motifs is 7. The van der Waals surface area contributed by atoms with Crippen LogP contribution in [0.3, 0.4) is 0 Å². The van der Waals surface area contributed by atoms with Crippen LogP contribution in [-0.2, 0) is 0 Å². The second kappa shape index (κ2) is 11.6. The van der Waals surface area contributed by atoms with Gasteiger partial charge in [0, 0.05) is 0 Å². The van der Waals surface area contributed by atoms with Gasteiger partial charge >= 0.3 is 0 Å². The van der Waals surface area contributed by atoms with Gasteiger partial charge in [0.25, 0.3) is 0 Å². The maximum absolute atomic E-state index is 2.38. The first-order chi connectivity index (χ1) is 24.8. The highest BCUT2D eigenvalue weighted by Crippen LogP contribution is 2.45. The van der Waals surface area contributed by atoms with Gasteiger partial charge in [-0.1, -0.05) is 176 Å².